The summed E-state index contributed by atoms with van der Waals surface area (Å²) < 4.78 is 0. The first-order valence-electron chi connectivity index (χ1n) is 7.42. The van der Waals surface area contributed by atoms with Gasteiger partial charge in [-0.15, -0.1) is 0 Å². The Kier molecular flexibility index (Phi) is 5.14. The molecule has 21 heavy (non-hydrogen) atoms. The molecule has 1 aliphatic carbocycles. The maximum Gasteiger partial charge on any atom is 0.282 e. The minimum absolute atomic E-state index is 0.116. The molecule has 0 aliphatic heterocycles. The number of nitro groups is 1. The van der Waals surface area contributed by atoms with Crippen LogP contribution in [0.25, 0.3) is 0 Å². The molecular formula is C15H21N3O3. The van der Waals surface area contributed by atoms with Gasteiger partial charge in [0.15, 0.2) is 0 Å². The minimum atomic E-state index is -0.519. The third-order valence-electron chi connectivity index (χ3n) is 3.59. The lowest BCUT2D eigenvalue weighted by Crippen LogP contribution is -2.25. The fraction of sp³-hybridized carbons (Fsp3) is 0.533. The Morgan fingerprint density at radius 2 is 2.19 bits per heavy atom. The highest BCUT2D eigenvalue weighted by molar-refractivity contribution is 5.99. The number of carbonyl (C=O) groups is 1. The molecule has 2 rings (SSSR count). The number of nitrogens with zero attached hydrogens (tertiary/aromatic N) is 1. The SMILES string of the molecule is CCNc1ccc([N+](=O)[O-])c(C(=O)NCCCC2CC2)c1. The third kappa shape index (κ3) is 4.44. The lowest BCUT2D eigenvalue weighted by atomic mass is 10.1. The van der Waals surface area contributed by atoms with E-state index in [1.165, 1.54) is 25.0 Å². The van der Waals surface area contributed by atoms with Crippen LogP contribution in [0, 0.1) is 16.0 Å². The van der Waals surface area contributed by atoms with E-state index < -0.39 is 4.92 Å². The highest BCUT2D eigenvalue weighted by atomic mass is 16.6. The number of hydrogen-bond acceptors (Lipinski definition) is 4. The number of amides is 1. The van der Waals surface area contributed by atoms with E-state index in [0.717, 1.165) is 18.8 Å². The largest absolute Gasteiger partial charge is 0.385 e. The average Bonchev–Trinajstić information content (AvgIpc) is 3.27. The molecular weight excluding hydrogens is 270 g/mol. The standard InChI is InChI=1S/C15H21N3O3/c1-2-16-12-7-8-14(18(20)21)13(10-12)15(19)17-9-3-4-11-5-6-11/h7-8,10-11,16H,2-6,9H2,1H3,(H,17,19). The highest BCUT2D eigenvalue weighted by Gasteiger charge is 2.22. The summed E-state index contributed by atoms with van der Waals surface area (Å²) in [5, 5.41) is 16.9. The van der Waals surface area contributed by atoms with Crippen molar-refractivity contribution in [3.8, 4) is 0 Å². The van der Waals surface area contributed by atoms with Crippen molar-refractivity contribution in [3.05, 3.63) is 33.9 Å². The summed E-state index contributed by atoms with van der Waals surface area (Å²) in [6.45, 7) is 3.19. The van der Waals surface area contributed by atoms with Crippen LogP contribution in [0.15, 0.2) is 18.2 Å². The van der Waals surface area contributed by atoms with Gasteiger partial charge in [0.2, 0.25) is 0 Å². The Morgan fingerprint density at radius 1 is 1.43 bits per heavy atom. The zero-order valence-corrected chi connectivity index (χ0v) is 12.2. The van der Waals surface area contributed by atoms with Crippen LogP contribution < -0.4 is 10.6 Å². The van der Waals surface area contributed by atoms with E-state index in [0.29, 0.717) is 18.8 Å². The quantitative estimate of drug-likeness (QED) is 0.438. The number of hydrogen-bond donors (Lipinski definition) is 2. The van der Waals surface area contributed by atoms with E-state index in [1.54, 1.807) is 6.07 Å². The van der Waals surface area contributed by atoms with Crippen LogP contribution in [0.5, 0.6) is 0 Å². The van der Waals surface area contributed by atoms with Gasteiger partial charge < -0.3 is 10.6 Å². The van der Waals surface area contributed by atoms with Crippen LogP contribution in [0.4, 0.5) is 11.4 Å². The number of benzene rings is 1. The third-order valence-corrected chi connectivity index (χ3v) is 3.59. The summed E-state index contributed by atoms with van der Waals surface area (Å²) in [6, 6.07) is 4.53. The maximum absolute atomic E-state index is 12.1. The molecule has 0 saturated heterocycles. The fourth-order valence-electron chi connectivity index (χ4n) is 2.29. The van der Waals surface area contributed by atoms with Crippen LogP contribution in [0.3, 0.4) is 0 Å². The van der Waals surface area contributed by atoms with Crippen LogP contribution in [0.1, 0.15) is 43.0 Å². The van der Waals surface area contributed by atoms with Crippen molar-refractivity contribution in [1.82, 2.24) is 5.32 Å². The number of carbonyl (C=O) groups excluding carboxylic acids is 1. The average molecular weight is 291 g/mol. The first-order chi connectivity index (χ1) is 10.1. The molecule has 0 radical (unpaired) electrons. The summed E-state index contributed by atoms with van der Waals surface area (Å²) in [5.41, 5.74) is 0.674. The van der Waals surface area contributed by atoms with Gasteiger partial charge in [0.05, 0.1) is 4.92 Å². The van der Waals surface area contributed by atoms with E-state index >= 15 is 0 Å². The van der Waals surface area contributed by atoms with Crippen LogP contribution in [-0.4, -0.2) is 23.9 Å². The van der Waals surface area contributed by atoms with E-state index in [4.69, 9.17) is 0 Å². The van der Waals surface area contributed by atoms with Crippen LogP contribution in [-0.2, 0) is 0 Å². The molecule has 0 aromatic heterocycles. The lowest BCUT2D eigenvalue weighted by Gasteiger charge is -2.08. The molecule has 6 nitrogen and oxygen atoms in total. The predicted molar refractivity (Wildman–Crippen MR) is 81.6 cm³/mol. The summed E-state index contributed by atoms with van der Waals surface area (Å²) >= 11 is 0. The van der Waals surface area contributed by atoms with Gasteiger partial charge in [0.1, 0.15) is 5.56 Å². The number of nitro benzene ring substituents is 1. The molecule has 0 heterocycles. The molecule has 6 heteroatoms. The van der Waals surface area contributed by atoms with E-state index in [2.05, 4.69) is 10.6 Å². The van der Waals surface area contributed by atoms with Crippen LogP contribution >= 0.6 is 0 Å². The Labute approximate surface area is 124 Å². The van der Waals surface area contributed by atoms with Gasteiger partial charge in [-0.05, 0) is 37.8 Å². The molecule has 1 saturated carbocycles. The summed E-state index contributed by atoms with van der Waals surface area (Å²) in [7, 11) is 0. The molecule has 0 unspecified atom stereocenters. The smallest absolute Gasteiger partial charge is 0.282 e. The minimum Gasteiger partial charge on any atom is -0.385 e. The monoisotopic (exact) mass is 291 g/mol. The lowest BCUT2D eigenvalue weighted by molar-refractivity contribution is -0.385. The van der Waals surface area contributed by atoms with E-state index in [1.807, 2.05) is 6.92 Å². The van der Waals surface area contributed by atoms with Crippen molar-refractivity contribution in [2.75, 3.05) is 18.4 Å². The van der Waals surface area contributed by atoms with Crippen molar-refractivity contribution < 1.29 is 9.72 Å². The van der Waals surface area contributed by atoms with Crippen molar-refractivity contribution >= 4 is 17.3 Å². The topological polar surface area (TPSA) is 84.3 Å². The second kappa shape index (κ2) is 7.06. The second-order valence-electron chi connectivity index (χ2n) is 5.36. The van der Waals surface area contributed by atoms with Crippen molar-refractivity contribution in [2.45, 2.75) is 32.6 Å². The van der Waals surface area contributed by atoms with E-state index in [-0.39, 0.29) is 17.2 Å². The zero-order valence-electron chi connectivity index (χ0n) is 12.2. The molecule has 0 spiro atoms. The molecule has 0 atom stereocenters. The number of anilines is 1. The normalized spacial score (nSPS) is 13.8. The molecule has 1 aromatic carbocycles. The maximum atomic E-state index is 12.1. The Morgan fingerprint density at radius 3 is 2.81 bits per heavy atom. The van der Waals surface area contributed by atoms with Crippen molar-refractivity contribution in [1.29, 1.82) is 0 Å². The van der Waals surface area contributed by atoms with Gasteiger partial charge in [0, 0.05) is 24.8 Å². The van der Waals surface area contributed by atoms with Gasteiger partial charge in [-0.2, -0.15) is 0 Å². The second-order valence-corrected chi connectivity index (χ2v) is 5.36. The van der Waals surface area contributed by atoms with Crippen molar-refractivity contribution in [3.63, 3.8) is 0 Å². The van der Waals surface area contributed by atoms with Gasteiger partial charge in [-0.25, -0.2) is 0 Å². The number of rotatable bonds is 8. The molecule has 114 valence electrons. The summed E-state index contributed by atoms with van der Waals surface area (Å²) in [6.07, 6.45) is 4.64. The molecule has 1 amide bonds. The first-order valence-corrected chi connectivity index (χ1v) is 7.42. The van der Waals surface area contributed by atoms with Gasteiger partial charge >= 0.3 is 0 Å². The highest BCUT2D eigenvalue weighted by Crippen LogP contribution is 2.33. The predicted octanol–water partition coefficient (Wildman–Crippen LogP) is 2.95. The molecule has 0 bridgehead atoms. The summed E-state index contributed by atoms with van der Waals surface area (Å²) in [5.74, 6) is 0.450. The molecule has 1 aromatic rings. The fourth-order valence-corrected chi connectivity index (χ4v) is 2.29. The van der Waals surface area contributed by atoms with Gasteiger partial charge in [-0.1, -0.05) is 12.8 Å². The molecule has 1 aliphatic rings. The van der Waals surface area contributed by atoms with Crippen LogP contribution in [0.2, 0.25) is 0 Å². The Bertz CT molecular complexity index is 527. The molecule has 1 fully saturated rings. The summed E-state index contributed by atoms with van der Waals surface area (Å²) in [4.78, 5) is 22.7. The Balaban J connectivity index is 2.01. The van der Waals surface area contributed by atoms with Gasteiger partial charge in [-0.3, -0.25) is 14.9 Å². The number of nitrogens with one attached hydrogen (secondary N) is 2. The molecule has 2 N–H and O–H groups in total. The Hall–Kier alpha value is -2.11. The van der Waals surface area contributed by atoms with E-state index in [9.17, 15) is 14.9 Å². The zero-order chi connectivity index (χ0) is 15.2. The van der Waals surface area contributed by atoms with Gasteiger partial charge in [0.25, 0.3) is 11.6 Å². The van der Waals surface area contributed by atoms with Crippen molar-refractivity contribution in [2.24, 2.45) is 5.92 Å². The first kappa shape index (κ1) is 15.3.